The summed E-state index contributed by atoms with van der Waals surface area (Å²) in [5, 5.41) is 5.43. The Bertz CT molecular complexity index is 874. The lowest BCUT2D eigenvalue weighted by molar-refractivity contribution is 0.337. The van der Waals surface area contributed by atoms with E-state index in [1.165, 1.54) is 0 Å². The van der Waals surface area contributed by atoms with Gasteiger partial charge in [-0.25, -0.2) is 9.97 Å². The van der Waals surface area contributed by atoms with Gasteiger partial charge < -0.3 is 9.80 Å². The molecule has 0 N–H and O–H groups in total. The van der Waals surface area contributed by atoms with Gasteiger partial charge in [0.05, 0.1) is 11.6 Å². The normalized spacial score (nSPS) is 19.3. The maximum absolute atomic E-state index is 4.94. The summed E-state index contributed by atoms with van der Waals surface area (Å²) in [7, 11) is 4.11. The van der Waals surface area contributed by atoms with Crippen molar-refractivity contribution in [1.82, 2.24) is 29.6 Å². The van der Waals surface area contributed by atoms with E-state index in [2.05, 4.69) is 33.9 Å². The van der Waals surface area contributed by atoms with Crippen LogP contribution in [-0.2, 0) is 7.05 Å². The maximum Gasteiger partial charge on any atom is 0.164 e. The highest BCUT2D eigenvalue weighted by Gasteiger charge is 2.24. The second kappa shape index (κ2) is 6.40. The molecule has 1 fully saturated rings. The van der Waals surface area contributed by atoms with E-state index in [0.29, 0.717) is 6.04 Å². The molecule has 0 unspecified atom stereocenters. The van der Waals surface area contributed by atoms with Crippen LogP contribution in [-0.4, -0.2) is 62.4 Å². The molecule has 0 aromatic carbocycles. The van der Waals surface area contributed by atoms with Gasteiger partial charge in [0.15, 0.2) is 11.5 Å². The molecule has 3 aromatic rings. The Hall–Kier alpha value is -2.54. The molecule has 7 heteroatoms. The highest BCUT2D eigenvalue weighted by Crippen LogP contribution is 2.29. The van der Waals surface area contributed by atoms with E-state index >= 15 is 0 Å². The van der Waals surface area contributed by atoms with Crippen LogP contribution in [0.5, 0.6) is 0 Å². The average molecular weight is 337 g/mol. The van der Waals surface area contributed by atoms with Gasteiger partial charge in [-0.3, -0.25) is 9.67 Å². The van der Waals surface area contributed by atoms with Crippen molar-refractivity contribution in [2.75, 3.05) is 31.6 Å². The Kier molecular flexibility index (Phi) is 4.09. The van der Waals surface area contributed by atoms with Crippen LogP contribution >= 0.6 is 0 Å². The zero-order valence-corrected chi connectivity index (χ0v) is 14.9. The Morgan fingerprint density at radius 2 is 1.88 bits per heavy atom. The molecule has 130 valence electrons. The Balaban J connectivity index is 1.87. The predicted octanol–water partition coefficient (Wildman–Crippen LogP) is 1.96. The van der Waals surface area contributed by atoms with Crippen molar-refractivity contribution in [1.29, 1.82) is 0 Å². The van der Waals surface area contributed by atoms with Gasteiger partial charge in [-0.15, -0.1) is 0 Å². The highest BCUT2D eigenvalue weighted by atomic mass is 15.3. The lowest BCUT2D eigenvalue weighted by Gasteiger charge is -2.29. The SMILES string of the molecule is C[C@H]1CN(C)CCCN1c1nc(-c2ccncc2)nc2c1cnn2C. The van der Waals surface area contributed by atoms with Crippen LogP contribution in [0.25, 0.3) is 22.4 Å². The average Bonchev–Trinajstić information content (AvgIpc) is 2.90. The molecule has 1 atom stereocenters. The van der Waals surface area contributed by atoms with Crippen LogP contribution in [0.3, 0.4) is 0 Å². The van der Waals surface area contributed by atoms with Crippen molar-refractivity contribution in [3.05, 3.63) is 30.7 Å². The molecule has 0 aliphatic carbocycles. The van der Waals surface area contributed by atoms with Crippen LogP contribution in [0.4, 0.5) is 5.82 Å². The van der Waals surface area contributed by atoms with E-state index < -0.39 is 0 Å². The predicted molar refractivity (Wildman–Crippen MR) is 98.5 cm³/mol. The van der Waals surface area contributed by atoms with Gasteiger partial charge in [-0.05, 0) is 39.1 Å². The van der Waals surface area contributed by atoms with Crippen molar-refractivity contribution >= 4 is 16.9 Å². The Morgan fingerprint density at radius 1 is 1.08 bits per heavy atom. The molecule has 25 heavy (non-hydrogen) atoms. The molecule has 0 saturated carbocycles. The summed E-state index contributed by atoms with van der Waals surface area (Å²) in [6, 6.07) is 4.28. The van der Waals surface area contributed by atoms with Gasteiger partial charge in [-0.2, -0.15) is 5.10 Å². The molecule has 1 saturated heterocycles. The van der Waals surface area contributed by atoms with E-state index in [9.17, 15) is 0 Å². The van der Waals surface area contributed by atoms with Crippen molar-refractivity contribution in [2.24, 2.45) is 7.05 Å². The summed E-state index contributed by atoms with van der Waals surface area (Å²) in [4.78, 5) is 18.6. The number of rotatable bonds is 2. The van der Waals surface area contributed by atoms with Gasteiger partial charge >= 0.3 is 0 Å². The number of nitrogens with zero attached hydrogens (tertiary/aromatic N) is 7. The molecule has 0 bridgehead atoms. The minimum Gasteiger partial charge on any atom is -0.352 e. The van der Waals surface area contributed by atoms with Gasteiger partial charge in [0.2, 0.25) is 0 Å². The maximum atomic E-state index is 4.94. The monoisotopic (exact) mass is 337 g/mol. The number of hydrogen-bond donors (Lipinski definition) is 0. The first kappa shape index (κ1) is 16.0. The lowest BCUT2D eigenvalue weighted by atomic mass is 10.2. The third-order valence-electron chi connectivity index (χ3n) is 4.83. The summed E-state index contributed by atoms with van der Waals surface area (Å²) in [6.45, 7) is 5.39. The number of anilines is 1. The van der Waals surface area contributed by atoms with Crippen LogP contribution in [0, 0.1) is 0 Å². The zero-order valence-electron chi connectivity index (χ0n) is 14.9. The first-order valence-electron chi connectivity index (χ1n) is 8.69. The van der Waals surface area contributed by atoms with Gasteiger partial charge in [0.1, 0.15) is 5.82 Å². The molecule has 3 aromatic heterocycles. The lowest BCUT2D eigenvalue weighted by Crippen LogP contribution is -2.38. The number of pyridine rings is 1. The van der Waals surface area contributed by atoms with Crippen molar-refractivity contribution in [2.45, 2.75) is 19.4 Å². The van der Waals surface area contributed by atoms with Crippen molar-refractivity contribution in [3.8, 4) is 11.4 Å². The molecule has 0 radical (unpaired) electrons. The first-order chi connectivity index (χ1) is 12.1. The minimum absolute atomic E-state index is 0.385. The fraction of sp³-hybridized carbons (Fsp3) is 0.444. The summed E-state index contributed by atoms with van der Waals surface area (Å²) < 4.78 is 1.82. The van der Waals surface area contributed by atoms with Crippen LogP contribution in [0.2, 0.25) is 0 Å². The van der Waals surface area contributed by atoms with Crippen LogP contribution < -0.4 is 4.90 Å². The van der Waals surface area contributed by atoms with Gasteiger partial charge in [0, 0.05) is 44.1 Å². The standard InChI is InChI=1S/C18H23N7/c1-13-12-23(2)9-4-10-25(13)18-15-11-20-24(3)17(15)21-16(22-18)14-5-7-19-8-6-14/h5-8,11,13H,4,9-10,12H2,1-3H3/t13-/m0/s1. The largest absolute Gasteiger partial charge is 0.352 e. The number of aromatic nitrogens is 5. The highest BCUT2D eigenvalue weighted by molar-refractivity contribution is 5.88. The van der Waals surface area contributed by atoms with Crippen LogP contribution in [0.1, 0.15) is 13.3 Å². The number of fused-ring (bicyclic) bond motifs is 1. The number of hydrogen-bond acceptors (Lipinski definition) is 6. The molecule has 0 spiro atoms. The topological polar surface area (TPSA) is 63.0 Å². The Labute approximate surface area is 147 Å². The molecule has 0 amide bonds. The molecule has 1 aliphatic rings. The third kappa shape index (κ3) is 2.95. The molecule has 7 nitrogen and oxygen atoms in total. The van der Waals surface area contributed by atoms with E-state index in [1.807, 2.05) is 30.1 Å². The second-order valence-corrected chi connectivity index (χ2v) is 6.77. The van der Waals surface area contributed by atoms with Gasteiger partial charge in [0.25, 0.3) is 0 Å². The minimum atomic E-state index is 0.385. The second-order valence-electron chi connectivity index (χ2n) is 6.77. The van der Waals surface area contributed by atoms with E-state index in [0.717, 1.165) is 54.3 Å². The summed E-state index contributed by atoms with van der Waals surface area (Å²) in [5.41, 5.74) is 1.83. The Morgan fingerprint density at radius 3 is 2.68 bits per heavy atom. The van der Waals surface area contributed by atoms with Crippen molar-refractivity contribution in [3.63, 3.8) is 0 Å². The van der Waals surface area contributed by atoms with E-state index in [-0.39, 0.29) is 0 Å². The van der Waals surface area contributed by atoms with E-state index in [4.69, 9.17) is 9.97 Å². The fourth-order valence-electron chi connectivity index (χ4n) is 3.54. The summed E-state index contributed by atoms with van der Waals surface area (Å²) in [6.07, 6.45) is 6.55. The quantitative estimate of drug-likeness (QED) is 0.712. The zero-order chi connectivity index (χ0) is 17.4. The summed E-state index contributed by atoms with van der Waals surface area (Å²) in [5.74, 6) is 1.70. The van der Waals surface area contributed by atoms with Gasteiger partial charge in [-0.1, -0.05) is 0 Å². The molecular formula is C18H23N7. The van der Waals surface area contributed by atoms with Crippen molar-refractivity contribution < 1.29 is 0 Å². The van der Waals surface area contributed by atoms with E-state index in [1.54, 1.807) is 12.4 Å². The number of aryl methyl sites for hydroxylation is 1. The summed E-state index contributed by atoms with van der Waals surface area (Å²) >= 11 is 0. The smallest absolute Gasteiger partial charge is 0.164 e. The number of likely N-dealkylation sites (N-methyl/N-ethyl adjacent to an activating group) is 1. The first-order valence-corrected chi connectivity index (χ1v) is 8.69. The third-order valence-corrected chi connectivity index (χ3v) is 4.83. The molecule has 4 rings (SSSR count). The molecule has 4 heterocycles. The van der Waals surface area contributed by atoms with Crippen LogP contribution in [0.15, 0.2) is 30.7 Å². The fourth-order valence-corrected chi connectivity index (χ4v) is 3.54. The molecular weight excluding hydrogens is 314 g/mol. The molecule has 1 aliphatic heterocycles.